The Hall–Kier alpha value is -4.17. The number of hydrogen-bond donors (Lipinski definition) is 1. The Bertz CT molecular complexity index is 1410. The minimum atomic E-state index is -0.780. The summed E-state index contributed by atoms with van der Waals surface area (Å²) in [5.74, 6) is 0.991. The van der Waals surface area contributed by atoms with Gasteiger partial charge < -0.3 is 14.4 Å². The summed E-state index contributed by atoms with van der Waals surface area (Å²) in [6.45, 7) is 1.40. The van der Waals surface area contributed by atoms with Crippen LogP contribution < -0.4 is 14.8 Å². The molecule has 1 atom stereocenters. The molecule has 7 nitrogen and oxygen atoms in total. The van der Waals surface area contributed by atoms with E-state index in [2.05, 4.69) is 10.3 Å². The molecular formula is C27H21N3O4S. The fourth-order valence-electron chi connectivity index (χ4n) is 4.52. The summed E-state index contributed by atoms with van der Waals surface area (Å²) in [6, 6.07) is 20.2. The molecule has 1 unspecified atom stereocenters. The van der Waals surface area contributed by atoms with Gasteiger partial charge in [-0.3, -0.25) is 14.9 Å². The molecule has 4 aromatic rings. The third kappa shape index (κ3) is 4.02. The number of carbonyl (C=O) groups is 2. The van der Waals surface area contributed by atoms with Gasteiger partial charge in [-0.1, -0.05) is 42.5 Å². The van der Waals surface area contributed by atoms with Gasteiger partial charge in [0.1, 0.15) is 19.3 Å². The van der Waals surface area contributed by atoms with Crippen molar-refractivity contribution in [1.82, 2.24) is 9.88 Å². The summed E-state index contributed by atoms with van der Waals surface area (Å²) in [6.07, 6.45) is 1.63. The highest BCUT2D eigenvalue weighted by molar-refractivity contribution is 7.13. The lowest BCUT2D eigenvalue weighted by Gasteiger charge is -2.27. The largest absolute Gasteiger partial charge is 0.486 e. The second-order valence-corrected chi connectivity index (χ2v) is 9.20. The quantitative estimate of drug-likeness (QED) is 0.436. The minimum absolute atomic E-state index is 0.170. The van der Waals surface area contributed by atoms with Gasteiger partial charge in [0.05, 0.1) is 0 Å². The van der Waals surface area contributed by atoms with E-state index in [9.17, 15) is 9.59 Å². The molecule has 174 valence electrons. The molecule has 1 N–H and O–H groups in total. The predicted molar refractivity (Wildman–Crippen MR) is 133 cm³/mol. The van der Waals surface area contributed by atoms with Gasteiger partial charge >= 0.3 is 0 Å². The van der Waals surface area contributed by atoms with Crippen LogP contribution in [0.1, 0.15) is 27.5 Å². The van der Waals surface area contributed by atoms with Crippen molar-refractivity contribution in [2.24, 2.45) is 0 Å². The summed E-state index contributed by atoms with van der Waals surface area (Å²) in [4.78, 5) is 32.6. The van der Waals surface area contributed by atoms with Crippen molar-refractivity contribution >= 4 is 28.3 Å². The van der Waals surface area contributed by atoms with Crippen LogP contribution in [0.5, 0.6) is 11.5 Å². The molecule has 6 rings (SSSR count). The number of rotatable bonds is 5. The lowest BCUT2D eigenvalue weighted by Crippen LogP contribution is -2.37. The Kier molecular flexibility index (Phi) is 5.42. The third-order valence-electron chi connectivity index (χ3n) is 6.15. The number of benzene rings is 3. The molecule has 3 heterocycles. The Balaban J connectivity index is 1.32. The minimum Gasteiger partial charge on any atom is -0.486 e. The van der Waals surface area contributed by atoms with E-state index < -0.39 is 6.04 Å². The first kappa shape index (κ1) is 21.4. The van der Waals surface area contributed by atoms with Crippen LogP contribution in [0, 0.1) is 0 Å². The number of anilines is 1. The highest BCUT2D eigenvalue weighted by Gasteiger charge is 2.37. The third-order valence-corrected chi connectivity index (χ3v) is 6.84. The van der Waals surface area contributed by atoms with Crippen LogP contribution in [0.15, 0.2) is 78.3 Å². The van der Waals surface area contributed by atoms with Crippen molar-refractivity contribution < 1.29 is 19.1 Å². The van der Waals surface area contributed by atoms with Crippen LogP contribution in [0.25, 0.3) is 11.1 Å². The maximum atomic E-state index is 13.5. The van der Waals surface area contributed by atoms with Gasteiger partial charge in [-0.25, -0.2) is 4.98 Å². The van der Waals surface area contributed by atoms with Crippen LogP contribution in [0.2, 0.25) is 0 Å². The molecule has 0 saturated carbocycles. The van der Waals surface area contributed by atoms with Crippen LogP contribution in [0.3, 0.4) is 0 Å². The van der Waals surface area contributed by atoms with Gasteiger partial charge in [0.25, 0.3) is 11.8 Å². The Labute approximate surface area is 206 Å². The van der Waals surface area contributed by atoms with Gasteiger partial charge in [-0.15, -0.1) is 11.3 Å². The standard InChI is InChI=1S/C27H21N3O4S/c31-25(29-27-28-10-13-35-27)24(17-4-2-1-3-5-17)30-16-20-14-18(6-8-21(20)26(30)32)19-7-9-22-23(15-19)34-12-11-33-22/h1-10,13-15,24H,11-12,16H2,(H,28,29,31). The smallest absolute Gasteiger partial charge is 0.255 e. The number of amides is 2. The van der Waals surface area contributed by atoms with Crippen LogP contribution in [0.4, 0.5) is 5.13 Å². The molecule has 0 radical (unpaired) electrons. The summed E-state index contributed by atoms with van der Waals surface area (Å²) >= 11 is 1.34. The van der Waals surface area contributed by atoms with Crippen molar-refractivity contribution in [3.63, 3.8) is 0 Å². The highest BCUT2D eigenvalue weighted by atomic mass is 32.1. The lowest BCUT2D eigenvalue weighted by atomic mass is 10.00. The first-order valence-corrected chi connectivity index (χ1v) is 12.1. The molecule has 2 aliphatic heterocycles. The average Bonchev–Trinajstić information content (AvgIpc) is 3.52. The van der Waals surface area contributed by atoms with Gasteiger partial charge in [0.2, 0.25) is 0 Å². The van der Waals surface area contributed by atoms with E-state index in [1.165, 1.54) is 11.3 Å². The van der Waals surface area contributed by atoms with E-state index in [1.54, 1.807) is 16.5 Å². The number of nitrogens with one attached hydrogen (secondary N) is 1. The molecular weight excluding hydrogens is 462 g/mol. The van der Waals surface area contributed by atoms with Gasteiger partial charge in [-0.05, 0) is 46.5 Å². The van der Waals surface area contributed by atoms with Gasteiger partial charge in [-0.2, -0.15) is 0 Å². The van der Waals surface area contributed by atoms with Crippen molar-refractivity contribution in [2.45, 2.75) is 12.6 Å². The molecule has 0 aliphatic carbocycles. The molecule has 0 bridgehead atoms. The van der Waals surface area contributed by atoms with E-state index in [4.69, 9.17) is 9.47 Å². The number of hydrogen-bond acceptors (Lipinski definition) is 6. The Morgan fingerprint density at radius 1 is 0.971 bits per heavy atom. The Morgan fingerprint density at radius 2 is 1.74 bits per heavy atom. The second kappa shape index (κ2) is 8.88. The topological polar surface area (TPSA) is 80.8 Å². The maximum Gasteiger partial charge on any atom is 0.255 e. The number of nitrogens with zero attached hydrogens (tertiary/aromatic N) is 2. The molecule has 0 spiro atoms. The van der Waals surface area contributed by atoms with E-state index >= 15 is 0 Å². The molecule has 0 saturated heterocycles. The molecule has 35 heavy (non-hydrogen) atoms. The second-order valence-electron chi connectivity index (χ2n) is 8.30. The average molecular weight is 484 g/mol. The monoisotopic (exact) mass is 483 g/mol. The van der Waals surface area contributed by atoms with E-state index in [0.29, 0.717) is 30.5 Å². The number of fused-ring (bicyclic) bond motifs is 2. The summed E-state index contributed by atoms with van der Waals surface area (Å²) < 4.78 is 11.4. The number of ether oxygens (including phenoxy) is 2. The fraction of sp³-hybridized carbons (Fsp3) is 0.148. The Morgan fingerprint density at radius 3 is 2.54 bits per heavy atom. The molecule has 1 aromatic heterocycles. The predicted octanol–water partition coefficient (Wildman–Crippen LogP) is 4.92. The number of aromatic nitrogens is 1. The highest BCUT2D eigenvalue weighted by Crippen LogP contribution is 2.38. The summed E-state index contributed by atoms with van der Waals surface area (Å²) in [5.41, 5.74) is 4.18. The van der Waals surface area contributed by atoms with Crippen molar-refractivity contribution in [3.05, 3.63) is 95.0 Å². The molecule has 3 aromatic carbocycles. The van der Waals surface area contributed by atoms with Crippen molar-refractivity contribution in [2.75, 3.05) is 18.5 Å². The normalized spacial score (nSPS) is 15.0. The zero-order valence-electron chi connectivity index (χ0n) is 18.6. The SMILES string of the molecule is O=C(Nc1nccs1)C(c1ccccc1)N1Cc2cc(-c3ccc4c(c3)OCCO4)ccc2C1=O. The van der Waals surface area contributed by atoms with Crippen LogP contribution in [-0.2, 0) is 11.3 Å². The van der Waals surface area contributed by atoms with Crippen molar-refractivity contribution in [1.29, 1.82) is 0 Å². The van der Waals surface area contributed by atoms with E-state index in [0.717, 1.165) is 33.8 Å². The van der Waals surface area contributed by atoms with Crippen LogP contribution >= 0.6 is 11.3 Å². The summed E-state index contributed by atoms with van der Waals surface area (Å²) in [5, 5.41) is 5.16. The first-order chi connectivity index (χ1) is 17.2. The zero-order chi connectivity index (χ0) is 23.8. The molecule has 0 fully saturated rings. The zero-order valence-corrected chi connectivity index (χ0v) is 19.5. The van der Waals surface area contributed by atoms with E-state index in [1.807, 2.05) is 66.7 Å². The lowest BCUT2D eigenvalue weighted by molar-refractivity contribution is -0.120. The fourth-order valence-corrected chi connectivity index (χ4v) is 5.05. The molecule has 2 aliphatic rings. The molecule has 2 amide bonds. The number of thiazole rings is 1. The first-order valence-electron chi connectivity index (χ1n) is 11.3. The van der Waals surface area contributed by atoms with Crippen LogP contribution in [-0.4, -0.2) is 34.9 Å². The van der Waals surface area contributed by atoms with Gasteiger partial charge in [0.15, 0.2) is 16.6 Å². The van der Waals surface area contributed by atoms with Gasteiger partial charge in [0, 0.05) is 23.7 Å². The number of carbonyl (C=O) groups excluding carboxylic acids is 2. The molecule has 8 heteroatoms. The van der Waals surface area contributed by atoms with Crippen molar-refractivity contribution in [3.8, 4) is 22.6 Å². The van der Waals surface area contributed by atoms with E-state index in [-0.39, 0.29) is 11.8 Å². The summed E-state index contributed by atoms with van der Waals surface area (Å²) in [7, 11) is 0. The maximum absolute atomic E-state index is 13.5.